The lowest BCUT2D eigenvalue weighted by molar-refractivity contribution is 0.304. The summed E-state index contributed by atoms with van der Waals surface area (Å²) in [4.78, 5) is 0. The van der Waals surface area contributed by atoms with Crippen LogP contribution in [0.2, 0.25) is 0 Å². The molecule has 2 heteroatoms. The molecule has 4 rings (SSSR count). The molecule has 2 N–H and O–H groups in total. The van der Waals surface area contributed by atoms with Crippen molar-refractivity contribution < 1.29 is 10.2 Å². The molecule has 2 fully saturated rings. The Balaban J connectivity index is 1.87. The number of hydrogen-bond acceptors (Lipinski definition) is 2. The van der Waals surface area contributed by atoms with E-state index in [4.69, 9.17) is 0 Å². The van der Waals surface area contributed by atoms with Gasteiger partial charge in [-0.3, -0.25) is 0 Å². The quantitative estimate of drug-likeness (QED) is 0.465. The highest BCUT2D eigenvalue weighted by Gasteiger charge is 2.37. The molecule has 2 saturated carbocycles. The van der Waals surface area contributed by atoms with Crippen LogP contribution in [0.25, 0.3) is 0 Å². The summed E-state index contributed by atoms with van der Waals surface area (Å²) in [6, 6.07) is 8.76. The van der Waals surface area contributed by atoms with Crippen LogP contribution in [-0.2, 0) is 10.8 Å². The standard InChI is InChI=1S/C32H46O2/c1-21(2)28(24-17-22(3)19-26(29(24)33)31(5)13-9-7-10-14-31)25-18-23(4)20-27(30(25)34)32(6)15-11-8-12-16-32/h17-21,28,33-34H,7-16H2,1-6H3. The van der Waals surface area contributed by atoms with Crippen molar-refractivity contribution >= 4 is 0 Å². The van der Waals surface area contributed by atoms with Gasteiger partial charge in [0.2, 0.25) is 0 Å². The average Bonchev–Trinajstić information content (AvgIpc) is 2.78. The molecule has 0 unspecified atom stereocenters. The Morgan fingerprint density at radius 3 is 1.29 bits per heavy atom. The van der Waals surface area contributed by atoms with Crippen LogP contribution < -0.4 is 0 Å². The van der Waals surface area contributed by atoms with Crippen LogP contribution in [0, 0.1) is 19.8 Å². The van der Waals surface area contributed by atoms with E-state index in [1.54, 1.807) is 0 Å². The molecule has 0 radical (unpaired) electrons. The second-order valence-electron chi connectivity index (χ2n) is 12.5. The van der Waals surface area contributed by atoms with Crippen molar-refractivity contribution in [3.8, 4) is 11.5 Å². The molecule has 0 bridgehead atoms. The van der Waals surface area contributed by atoms with Crippen LogP contribution >= 0.6 is 0 Å². The van der Waals surface area contributed by atoms with Crippen molar-refractivity contribution in [2.75, 3.05) is 0 Å². The predicted molar refractivity (Wildman–Crippen MR) is 143 cm³/mol. The zero-order valence-electron chi connectivity index (χ0n) is 22.4. The second kappa shape index (κ2) is 9.59. The van der Waals surface area contributed by atoms with Gasteiger partial charge in [0.15, 0.2) is 0 Å². The molecule has 0 heterocycles. The smallest absolute Gasteiger partial charge is 0.123 e. The molecular weight excluding hydrogens is 416 g/mol. The van der Waals surface area contributed by atoms with Crippen LogP contribution in [0.4, 0.5) is 0 Å². The highest BCUT2D eigenvalue weighted by molar-refractivity contribution is 5.56. The molecule has 2 aromatic carbocycles. The molecule has 186 valence electrons. The van der Waals surface area contributed by atoms with E-state index in [1.165, 1.54) is 49.7 Å². The summed E-state index contributed by atoms with van der Waals surface area (Å²) in [5, 5.41) is 23.5. The van der Waals surface area contributed by atoms with Gasteiger partial charge in [0.25, 0.3) is 0 Å². The normalized spacial score (nSPS) is 20.1. The summed E-state index contributed by atoms with van der Waals surface area (Å²) in [6.45, 7) is 13.4. The highest BCUT2D eigenvalue weighted by Crippen LogP contribution is 2.51. The largest absolute Gasteiger partial charge is 0.507 e. The molecule has 0 aromatic heterocycles. The van der Waals surface area contributed by atoms with Gasteiger partial charge >= 0.3 is 0 Å². The Bertz CT molecular complexity index is 940. The predicted octanol–water partition coefficient (Wildman–Crippen LogP) is 8.95. The van der Waals surface area contributed by atoms with Crippen molar-refractivity contribution in [1.29, 1.82) is 0 Å². The number of benzene rings is 2. The summed E-state index contributed by atoms with van der Waals surface area (Å²) >= 11 is 0. The molecule has 0 atom stereocenters. The molecule has 0 amide bonds. The summed E-state index contributed by atoms with van der Waals surface area (Å²) in [5.41, 5.74) is 6.65. The van der Waals surface area contributed by atoms with E-state index in [9.17, 15) is 10.2 Å². The van der Waals surface area contributed by atoms with E-state index in [2.05, 4.69) is 65.8 Å². The first-order valence-electron chi connectivity index (χ1n) is 13.7. The van der Waals surface area contributed by atoms with Gasteiger partial charge in [-0.25, -0.2) is 0 Å². The lowest BCUT2D eigenvalue weighted by Gasteiger charge is -2.37. The van der Waals surface area contributed by atoms with E-state index in [-0.39, 0.29) is 22.7 Å². The van der Waals surface area contributed by atoms with Crippen LogP contribution in [0.1, 0.15) is 131 Å². The minimum atomic E-state index is -0.0447. The van der Waals surface area contributed by atoms with E-state index >= 15 is 0 Å². The zero-order chi connectivity index (χ0) is 24.7. The number of aromatic hydroxyl groups is 2. The maximum atomic E-state index is 11.8. The molecule has 0 spiro atoms. The fourth-order valence-electron chi connectivity index (χ4n) is 7.10. The van der Waals surface area contributed by atoms with E-state index in [1.807, 2.05) is 0 Å². The lowest BCUT2D eigenvalue weighted by Crippen LogP contribution is -2.26. The van der Waals surface area contributed by atoms with Gasteiger partial charge in [-0.1, -0.05) is 102 Å². The van der Waals surface area contributed by atoms with Crippen molar-refractivity contribution in [1.82, 2.24) is 0 Å². The van der Waals surface area contributed by atoms with Crippen molar-refractivity contribution in [3.05, 3.63) is 57.6 Å². The van der Waals surface area contributed by atoms with E-state index in [0.717, 1.165) is 47.9 Å². The van der Waals surface area contributed by atoms with Crippen LogP contribution in [0.3, 0.4) is 0 Å². The molecule has 0 aliphatic heterocycles. The zero-order valence-corrected chi connectivity index (χ0v) is 22.4. The van der Waals surface area contributed by atoms with Gasteiger partial charge in [-0.05, 0) is 56.3 Å². The first-order valence-corrected chi connectivity index (χ1v) is 13.7. The fraction of sp³-hybridized carbons (Fsp3) is 0.625. The van der Waals surface area contributed by atoms with Gasteiger partial charge in [-0.2, -0.15) is 0 Å². The molecule has 2 aromatic rings. The molecule has 2 aliphatic carbocycles. The van der Waals surface area contributed by atoms with E-state index in [0.29, 0.717) is 11.5 Å². The fourth-order valence-corrected chi connectivity index (χ4v) is 7.10. The monoisotopic (exact) mass is 462 g/mol. The Labute approximate surface area is 207 Å². The Kier molecular flexibility index (Phi) is 7.09. The van der Waals surface area contributed by atoms with Crippen molar-refractivity contribution in [2.24, 2.45) is 5.92 Å². The van der Waals surface area contributed by atoms with Gasteiger partial charge in [0.05, 0.1) is 0 Å². The summed E-state index contributed by atoms with van der Waals surface area (Å²) in [6.07, 6.45) is 12.0. The highest BCUT2D eigenvalue weighted by atomic mass is 16.3. The number of aryl methyl sites for hydroxylation is 2. The molecule has 2 nitrogen and oxygen atoms in total. The average molecular weight is 463 g/mol. The molecule has 0 saturated heterocycles. The van der Waals surface area contributed by atoms with Crippen LogP contribution in [-0.4, -0.2) is 10.2 Å². The van der Waals surface area contributed by atoms with Gasteiger partial charge in [-0.15, -0.1) is 0 Å². The maximum absolute atomic E-state index is 11.8. The Hall–Kier alpha value is -1.96. The first-order chi connectivity index (χ1) is 16.1. The van der Waals surface area contributed by atoms with Gasteiger partial charge in [0.1, 0.15) is 11.5 Å². The van der Waals surface area contributed by atoms with Crippen LogP contribution in [0.15, 0.2) is 24.3 Å². The number of phenols is 2. The summed E-state index contributed by atoms with van der Waals surface area (Å²) < 4.78 is 0. The molecule has 2 aliphatic rings. The van der Waals surface area contributed by atoms with Crippen molar-refractivity contribution in [2.45, 2.75) is 122 Å². The number of phenolic OH excluding ortho intramolecular Hbond substituents is 2. The Morgan fingerprint density at radius 1 is 0.618 bits per heavy atom. The topological polar surface area (TPSA) is 40.5 Å². The lowest BCUT2D eigenvalue weighted by atomic mass is 9.67. The third-order valence-corrected chi connectivity index (χ3v) is 9.12. The Morgan fingerprint density at radius 2 is 0.971 bits per heavy atom. The van der Waals surface area contributed by atoms with Gasteiger partial charge < -0.3 is 10.2 Å². The first kappa shape index (κ1) is 25.1. The minimum Gasteiger partial charge on any atom is -0.507 e. The maximum Gasteiger partial charge on any atom is 0.123 e. The summed E-state index contributed by atoms with van der Waals surface area (Å²) in [5.74, 6) is 1.12. The van der Waals surface area contributed by atoms with E-state index < -0.39 is 0 Å². The number of rotatable bonds is 5. The molecular formula is C32H46O2. The second-order valence-corrected chi connectivity index (χ2v) is 12.5. The third-order valence-electron chi connectivity index (χ3n) is 9.12. The van der Waals surface area contributed by atoms with Gasteiger partial charge in [0, 0.05) is 28.2 Å². The van der Waals surface area contributed by atoms with Crippen LogP contribution in [0.5, 0.6) is 11.5 Å². The summed E-state index contributed by atoms with van der Waals surface area (Å²) in [7, 11) is 0. The minimum absolute atomic E-state index is 0.0278. The molecule has 34 heavy (non-hydrogen) atoms. The number of hydrogen-bond donors (Lipinski definition) is 2. The third kappa shape index (κ3) is 4.62. The van der Waals surface area contributed by atoms with Crippen molar-refractivity contribution in [3.63, 3.8) is 0 Å². The SMILES string of the molecule is Cc1cc(C(c2cc(C)cc(C3(C)CCCCC3)c2O)C(C)C)c(O)c(C2(C)CCCCC2)c1.